The first kappa shape index (κ1) is 43.5. The van der Waals surface area contributed by atoms with E-state index >= 15 is 0 Å². The lowest BCUT2D eigenvalue weighted by Crippen LogP contribution is -2.11. The van der Waals surface area contributed by atoms with Crippen molar-refractivity contribution in [3.8, 4) is 83.1 Å². The summed E-state index contributed by atoms with van der Waals surface area (Å²) in [4.78, 5) is 16.1. The van der Waals surface area contributed by atoms with E-state index in [1.807, 2.05) is 0 Å². The Hall–Kier alpha value is -3.62. The van der Waals surface area contributed by atoms with Gasteiger partial charge in [-0.05, 0) is 36.0 Å². The van der Waals surface area contributed by atoms with E-state index < -0.39 is 15.9 Å². The molecule has 0 aromatic carbocycles. The summed E-state index contributed by atoms with van der Waals surface area (Å²) in [5, 5.41) is 0. The fraction of sp³-hybridized carbons (Fsp3) is 0.564. The van der Waals surface area contributed by atoms with Crippen LogP contribution in [0.15, 0.2) is 6.08 Å². The molecule has 0 saturated carbocycles. The fourth-order valence-electron chi connectivity index (χ4n) is 3.85. The zero-order valence-electron chi connectivity index (χ0n) is 27.4. The number of hydrogen-bond donors (Lipinski definition) is 0. The highest BCUT2D eigenvalue weighted by molar-refractivity contribution is 6.21. The summed E-state index contributed by atoms with van der Waals surface area (Å²) in [6.45, 7) is 4.42. The summed E-state index contributed by atoms with van der Waals surface area (Å²) in [7, 11) is 0. The molecule has 0 aliphatic heterocycles. The maximum atomic E-state index is 11.5. The van der Waals surface area contributed by atoms with Crippen molar-refractivity contribution in [3.63, 3.8) is 0 Å². The Labute approximate surface area is 281 Å². The smallest absolute Gasteiger partial charge is 0.598 e. The number of carbonyl (C=O) groups excluding carboxylic acids is 1. The molecule has 0 unspecified atom stereocenters. The number of rotatable bonds is 23. The number of unbranched alkanes of at least 4 members (excludes halogenated alkanes) is 17. The van der Waals surface area contributed by atoms with E-state index in [1.54, 1.807) is 6.08 Å². The van der Waals surface area contributed by atoms with Crippen molar-refractivity contribution in [1.29, 1.82) is 0 Å². The van der Waals surface area contributed by atoms with Crippen molar-refractivity contribution >= 4 is 21.9 Å². The summed E-state index contributed by atoms with van der Waals surface area (Å²) < 4.78 is 9.65. The number of allylic oxidation sites excluding steroid dienone is 2. The van der Waals surface area contributed by atoms with Crippen LogP contribution in [0.5, 0.6) is 0 Å². The van der Waals surface area contributed by atoms with Gasteiger partial charge >= 0.3 is 15.9 Å². The number of carbonyl (C=O) groups is 1. The number of hydrogen-bond acceptors (Lipinski definition) is 4. The average Bonchev–Trinajstić information content (AvgIpc) is 3.03. The van der Waals surface area contributed by atoms with Gasteiger partial charge in [0, 0.05) is 41.9 Å². The van der Waals surface area contributed by atoms with Crippen molar-refractivity contribution in [2.45, 2.75) is 142 Å². The van der Waals surface area contributed by atoms with Gasteiger partial charge < -0.3 is 14.2 Å². The van der Waals surface area contributed by atoms with E-state index in [0.717, 1.165) is 32.1 Å². The van der Waals surface area contributed by atoms with E-state index in [9.17, 15) is 4.79 Å². The lowest BCUT2D eigenvalue weighted by atomic mass is 10.0. The normalized spacial score (nSPS) is 8.67. The van der Waals surface area contributed by atoms with Gasteiger partial charge in [0.2, 0.25) is 0 Å². The van der Waals surface area contributed by atoms with Gasteiger partial charge in [-0.15, -0.1) is 12.3 Å². The van der Waals surface area contributed by atoms with Crippen molar-refractivity contribution in [1.82, 2.24) is 0 Å². The van der Waals surface area contributed by atoms with Crippen LogP contribution in [0, 0.1) is 89.1 Å². The first-order valence-electron chi connectivity index (χ1n) is 16.2. The van der Waals surface area contributed by atoms with Crippen molar-refractivity contribution in [2.75, 3.05) is 0 Å². The second-order valence-corrected chi connectivity index (χ2v) is 10.6. The summed E-state index contributed by atoms with van der Waals surface area (Å²) >= 11 is -1.06. The average molecular weight is 625 g/mol. The fourth-order valence-corrected chi connectivity index (χ4v) is 4.20. The van der Waals surface area contributed by atoms with Crippen LogP contribution >= 0.6 is 0 Å². The minimum absolute atomic E-state index is 0. The summed E-state index contributed by atoms with van der Waals surface area (Å²) in [5.41, 5.74) is 0. The van der Waals surface area contributed by atoms with Crippen LogP contribution < -0.4 is 0 Å². The van der Waals surface area contributed by atoms with E-state index in [1.165, 1.54) is 89.9 Å². The van der Waals surface area contributed by atoms with Crippen molar-refractivity contribution < 1.29 is 22.9 Å². The van der Waals surface area contributed by atoms with Gasteiger partial charge in [0.15, 0.2) is 6.11 Å². The molecule has 45 heavy (non-hydrogen) atoms. The Morgan fingerprint density at radius 1 is 0.578 bits per heavy atom. The molecule has 0 saturated heterocycles. The zero-order chi connectivity index (χ0) is 31.9. The van der Waals surface area contributed by atoms with Crippen LogP contribution in [0.2, 0.25) is 0 Å². The Morgan fingerprint density at radius 2 is 1.00 bits per heavy atom. The first-order chi connectivity index (χ1) is 21.8. The maximum Gasteiger partial charge on any atom is 0.822 e. The minimum atomic E-state index is -1.06. The molecule has 5 nitrogen and oxygen atoms in total. The van der Waals surface area contributed by atoms with Crippen molar-refractivity contribution in [2.24, 2.45) is 0 Å². The molecule has 0 amide bonds. The van der Waals surface area contributed by atoms with Crippen LogP contribution in [-0.2, 0) is 17.4 Å². The van der Waals surface area contributed by atoms with E-state index in [2.05, 4.69) is 108 Å². The molecule has 0 fully saturated rings. The van der Waals surface area contributed by atoms with E-state index in [4.69, 9.17) is 7.73 Å². The highest BCUT2D eigenvalue weighted by Gasteiger charge is 2.08. The highest BCUT2D eigenvalue weighted by Crippen LogP contribution is 2.13. The molecule has 0 aliphatic rings. The quantitative estimate of drug-likeness (QED) is 0.0297. The van der Waals surface area contributed by atoms with Crippen LogP contribution in [-0.4, -0.2) is 27.3 Å². The van der Waals surface area contributed by atoms with Crippen LogP contribution in [0.3, 0.4) is 0 Å². The third-order valence-corrected chi connectivity index (χ3v) is 6.74. The predicted molar refractivity (Wildman–Crippen MR) is 184 cm³/mol. The Bertz CT molecular complexity index is 1220. The molecular weight excluding hydrogens is 575 g/mol. The predicted octanol–water partition coefficient (Wildman–Crippen LogP) is 7.37. The molecule has 6 heteroatoms. The van der Waals surface area contributed by atoms with E-state index in [0.29, 0.717) is 6.42 Å². The van der Waals surface area contributed by atoms with Gasteiger partial charge in [-0.25, -0.2) is 6.08 Å². The largest absolute Gasteiger partial charge is 0.822 e. The lowest BCUT2D eigenvalue weighted by Gasteiger charge is -2.03. The highest BCUT2D eigenvalue weighted by atomic mass is 27.2. The Kier molecular flexibility index (Phi) is 39.0. The molecule has 2 N–H and O–H groups in total. The second kappa shape index (κ2) is 40.4. The van der Waals surface area contributed by atoms with Gasteiger partial charge in [-0.3, -0.25) is 20.7 Å². The minimum Gasteiger partial charge on any atom is -0.598 e. The first-order valence-corrected chi connectivity index (χ1v) is 17.1. The Balaban J connectivity index is 0. The molecule has 1 radical (unpaired) electrons. The van der Waals surface area contributed by atoms with Gasteiger partial charge in [-0.2, -0.15) is 0 Å². The molecule has 0 aliphatic carbocycles. The summed E-state index contributed by atoms with van der Waals surface area (Å²) in [6.07, 6.45) is 31.5. The molecule has 0 rings (SSSR count). The molecule has 0 aromatic rings. The Morgan fingerprint density at radius 3 is 1.51 bits per heavy atom. The molecule has 0 aromatic heterocycles. The van der Waals surface area contributed by atoms with Gasteiger partial charge in [0.25, 0.3) is 5.97 Å². The second-order valence-electron chi connectivity index (χ2n) is 10.0. The topological polar surface area (TPSA) is 76.3 Å². The van der Waals surface area contributed by atoms with Gasteiger partial charge in [0.1, 0.15) is 0 Å². The maximum absolute atomic E-state index is 11.5. The molecular formula is C39H49AlO5-. The molecule has 0 bridgehead atoms. The van der Waals surface area contributed by atoms with E-state index in [-0.39, 0.29) is 11.4 Å². The zero-order valence-corrected chi connectivity index (χ0v) is 28.6. The van der Waals surface area contributed by atoms with Crippen LogP contribution in [0.4, 0.5) is 0 Å². The molecule has 0 heterocycles. The lowest BCUT2D eigenvalue weighted by molar-refractivity contribution is -0.158. The third kappa shape index (κ3) is 40.4. The SMILES string of the molecule is CCCCCCCCCCCCCCC[C-]=CC#CC#CC#CC#CC#CC#CC#CO[O][Al][O]C(=O)CCCCCCC.O. The standard InChI is InChI=1S/C31H33O2.C8H16O2.Al.H2O/c1-2-3-4-5-6-7-8-9-10-11-12-13-14-15-16-17-18-19-20-21-22-23-24-25-26-27-28-29-30-31-33-32;1-2-3-4-5-6-7-8(9)10;;/h17,32H,2-15H2,1H3;2-7H2,1H3,(H,9,10);;1H2/q-1;;+2;/p-2. The molecule has 0 atom stereocenters. The van der Waals surface area contributed by atoms with Crippen LogP contribution in [0.1, 0.15) is 142 Å². The third-order valence-electron chi connectivity index (χ3n) is 6.20. The summed E-state index contributed by atoms with van der Waals surface area (Å²) in [6, 6.07) is 0. The summed E-state index contributed by atoms with van der Waals surface area (Å²) in [5.74, 6) is 33.2. The van der Waals surface area contributed by atoms with Gasteiger partial charge in [0.05, 0.1) is 0 Å². The van der Waals surface area contributed by atoms with Crippen LogP contribution in [0.25, 0.3) is 0 Å². The monoisotopic (exact) mass is 624 g/mol. The van der Waals surface area contributed by atoms with Gasteiger partial charge in [-0.1, -0.05) is 123 Å². The molecule has 0 spiro atoms. The molecule has 239 valence electrons. The van der Waals surface area contributed by atoms with Crippen molar-refractivity contribution in [3.05, 3.63) is 12.2 Å².